The second kappa shape index (κ2) is 34.2. The number of halogens is 23. The molecule has 17 nitrogen and oxygen atoms in total. The van der Waals surface area contributed by atoms with E-state index in [0.29, 0.717) is 83.3 Å². The van der Waals surface area contributed by atoms with Crippen LogP contribution in [0.4, 0.5) is 111 Å². The Labute approximate surface area is 649 Å². The molecular formula is C73H55Cl3F20N4O13S. The molecule has 0 spiro atoms. The summed E-state index contributed by atoms with van der Waals surface area (Å²) in [6.45, 7) is 9.37. The lowest BCUT2D eigenvalue weighted by Crippen LogP contribution is -2.48. The fraction of sp³-hybridized carbons (Fsp3) is 0.260. The van der Waals surface area contributed by atoms with E-state index in [1.807, 2.05) is 26.1 Å². The van der Waals surface area contributed by atoms with Crippen molar-refractivity contribution in [3.05, 3.63) is 207 Å². The van der Waals surface area contributed by atoms with Gasteiger partial charge >= 0.3 is 72.9 Å². The van der Waals surface area contributed by atoms with E-state index in [-0.39, 0.29) is 39.5 Å². The molecule has 6 aromatic carbocycles. The minimum atomic E-state index is -4.87. The first kappa shape index (κ1) is 90.6. The molecule has 0 saturated heterocycles. The first-order valence-electron chi connectivity index (χ1n) is 31.8. The first-order chi connectivity index (χ1) is 52.2. The Kier molecular flexibility index (Phi) is 27.2. The van der Waals surface area contributed by atoms with Crippen molar-refractivity contribution < 1.29 is 152 Å². The summed E-state index contributed by atoms with van der Waals surface area (Å²) < 4.78 is 262. The fourth-order valence-electron chi connectivity index (χ4n) is 11.5. The molecule has 6 aliphatic heterocycles. The van der Waals surface area contributed by atoms with Crippen LogP contribution in [0.25, 0.3) is 36.5 Å². The number of ether oxygens (including phenoxy) is 1. The normalized spacial score (nSPS) is 18.7. The molecule has 0 aliphatic carbocycles. The van der Waals surface area contributed by atoms with Crippen molar-refractivity contribution in [3.63, 3.8) is 0 Å². The minimum absolute atomic E-state index is 0.0814. The molecule has 9 N–H and O–H groups in total. The molecular weight excluding hydrogens is 1660 g/mol. The maximum Gasteiger partial charge on any atom is 0.430 e. The second-order valence-electron chi connectivity index (χ2n) is 25.9. The number of aryl methyl sites for hydroxylation is 2. The molecule has 41 heteroatoms. The standard InChI is InChI=1S/C15H15F3O2S.C13H11F3O3.C12H9ClF3NO2.2C11H7ClF3NO2.C11H6F5NO2/c1-14(2,3)9-4-5-11-8(6-9)7-10(13(19)20)12(21-11)15(16,17)18;1-6-3-7(2)10-8(4-6)5-9(12(17)18)11(19-10)13(14,15)16;1-17-9-3-2-7(13)4-6(9)5-8(11(18)19)10(17)12(14,15)16;2*12-6-1-2-8-5(3-6)4-7(10(17)18)9(16-8)11(13,14)15;12-6-2-4-1-5(10(18)19)9(11(14,15)16)17-8(4)3-7(6)13/h4-7,12H,1-3H3,(H,19,20);3-5,11H,1-2H3,(H,17,18);2-5,10H,1H3,(H,18,19);2*1-4,9,16H,(H,17,18);1-3,9,17H,(H,18,19)/t;11-;;9-;;/m.0.0../s1. The number of thioether (sulfide) groups is 1. The number of benzene rings is 6. The van der Waals surface area contributed by atoms with Crippen LogP contribution in [0.1, 0.15) is 70.8 Å². The monoisotopic (exact) mass is 1710 g/mol. The number of nitrogens with zero attached hydrogens (tertiary/aromatic N) is 1. The largest absolute Gasteiger partial charge is 0.478 e. The third-order valence-electron chi connectivity index (χ3n) is 16.6. The Hall–Kier alpha value is -10.6. The van der Waals surface area contributed by atoms with Crippen molar-refractivity contribution in [2.24, 2.45) is 0 Å². The van der Waals surface area contributed by atoms with Gasteiger partial charge in [-0.3, -0.25) is 0 Å². The lowest BCUT2D eigenvalue weighted by molar-refractivity contribution is -0.187. The van der Waals surface area contributed by atoms with Gasteiger partial charge in [-0.2, -0.15) is 79.0 Å². The van der Waals surface area contributed by atoms with Gasteiger partial charge in [-0.1, -0.05) is 79.3 Å². The maximum atomic E-state index is 13.0. The predicted molar refractivity (Wildman–Crippen MR) is 380 cm³/mol. The molecule has 0 aromatic heterocycles. The number of carbonyl (C=O) groups is 6. The zero-order valence-electron chi connectivity index (χ0n) is 58.3. The van der Waals surface area contributed by atoms with Crippen LogP contribution in [0.2, 0.25) is 15.1 Å². The minimum Gasteiger partial charge on any atom is -0.478 e. The number of fused-ring (bicyclic) bond motifs is 6. The van der Waals surface area contributed by atoms with E-state index in [0.717, 1.165) is 46.4 Å². The second-order valence-corrected chi connectivity index (χ2v) is 28.4. The molecule has 612 valence electrons. The topological polar surface area (TPSA) is 272 Å². The summed E-state index contributed by atoms with van der Waals surface area (Å²) in [6.07, 6.45) is -24.9. The maximum absolute atomic E-state index is 13.0. The average Bonchev–Trinajstić information content (AvgIpc) is 0.795. The summed E-state index contributed by atoms with van der Waals surface area (Å²) >= 11 is 17.7. The Morgan fingerprint density at radius 2 is 0.798 bits per heavy atom. The zero-order chi connectivity index (χ0) is 86.1. The third kappa shape index (κ3) is 22.0. The molecule has 114 heavy (non-hydrogen) atoms. The number of aliphatic carboxylic acids is 6. The number of carboxylic acids is 6. The van der Waals surface area contributed by atoms with Gasteiger partial charge in [-0.15, -0.1) is 11.8 Å². The average molecular weight is 1710 g/mol. The van der Waals surface area contributed by atoms with Gasteiger partial charge in [-0.05, 0) is 162 Å². The highest BCUT2D eigenvalue weighted by atomic mass is 35.5. The summed E-state index contributed by atoms with van der Waals surface area (Å²) in [4.78, 5) is 67.0. The van der Waals surface area contributed by atoms with Crippen molar-refractivity contribution in [1.82, 2.24) is 0 Å². The molecule has 0 radical (unpaired) electrons. The van der Waals surface area contributed by atoms with Gasteiger partial charge in [-0.25, -0.2) is 37.5 Å². The van der Waals surface area contributed by atoms with Gasteiger partial charge in [0.05, 0.1) is 33.4 Å². The van der Waals surface area contributed by atoms with Gasteiger partial charge in [0, 0.05) is 67.0 Å². The van der Waals surface area contributed by atoms with Crippen molar-refractivity contribution in [1.29, 1.82) is 0 Å². The van der Waals surface area contributed by atoms with Crippen LogP contribution in [-0.4, -0.2) is 146 Å². The van der Waals surface area contributed by atoms with Crippen LogP contribution in [0.3, 0.4) is 0 Å². The van der Waals surface area contributed by atoms with Crippen LogP contribution in [-0.2, 0) is 34.2 Å². The van der Waals surface area contributed by atoms with Crippen molar-refractivity contribution in [2.45, 2.75) is 118 Å². The Morgan fingerprint density at radius 3 is 1.20 bits per heavy atom. The summed E-state index contributed by atoms with van der Waals surface area (Å²) in [5, 5.41) is 58.4. The van der Waals surface area contributed by atoms with Crippen LogP contribution < -0.4 is 25.6 Å². The molecule has 6 aliphatic rings. The Morgan fingerprint density at radius 1 is 0.412 bits per heavy atom. The number of hydrogen-bond acceptors (Lipinski definition) is 12. The predicted octanol–water partition coefficient (Wildman–Crippen LogP) is 19.9. The number of alkyl halides is 18. The molecule has 0 saturated carbocycles. The van der Waals surface area contributed by atoms with Gasteiger partial charge in [0.2, 0.25) is 6.10 Å². The molecule has 6 atom stereocenters. The number of rotatable bonds is 6. The van der Waals surface area contributed by atoms with Crippen molar-refractivity contribution in [2.75, 3.05) is 27.9 Å². The van der Waals surface area contributed by atoms with E-state index in [9.17, 15) is 117 Å². The van der Waals surface area contributed by atoms with Gasteiger partial charge in [0.1, 0.15) is 11.0 Å². The summed E-state index contributed by atoms with van der Waals surface area (Å²) in [7, 11) is 1.21. The number of hydrogen-bond donors (Lipinski definition) is 9. The third-order valence-corrected chi connectivity index (χ3v) is 18.7. The fourth-order valence-corrected chi connectivity index (χ4v) is 13.1. The highest BCUT2D eigenvalue weighted by molar-refractivity contribution is 8.00. The lowest BCUT2D eigenvalue weighted by atomic mass is 9.86. The molecule has 0 fully saturated rings. The molecule has 4 unspecified atom stereocenters. The molecule has 0 amide bonds. The van der Waals surface area contributed by atoms with Gasteiger partial charge in [0.25, 0.3) is 0 Å². The van der Waals surface area contributed by atoms with Gasteiger partial charge < -0.3 is 56.2 Å². The quantitative estimate of drug-likeness (QED) is 0.0701. The first-order valence-corrected chi connectivity index (χ1v) is 33.8. The molecule has 12 rings (SSSR count). The SMILES string of the molecule is CC(C)(C)c1ccc2c(c1)C=C(C(=O)O)C(C(F)(F)F)S2.CN1c2ccc(Cl)cc2C=C(C(=O)O)C1C(F)(F)F.Cc1cc(C)c2c(c1)C=C(C(=O)O)[C@@H](C(F)(F)F)O2.O=C(O)C1=Cc2cc(Cl)ccc2NC1C(F)(F)F.O=C(O)C1=Cc2cc(Cl)ccc2N[C@@H]1C(F)(F)F.O=C(O)C1=Cc2cc(F)c(F)cc2NC1C(F)(F)F. The highest BCUT2D eigenvalue weighted by Gasteiger charge is 2.53. The number of carboxylic acid groups (broad SMARTS) is 6. The van der Waals surface area contributed by atoms with Crippen molar-refractivity contribution in [3.8, 4) is 5.75 Å². The van der Waals surface area contributed by atoms with Gasteiger partial charge in [0.15, 0.2) is 35.8 Å². The van der Waals surface area contributed by atoms with E-state index in [1.165, 1.54) is 61.6 Å². The summed E-state index contributed by atoms with van der Waals surface area (Å²) in [5.41, 5.74) is -0.351. The van der Waals surface area contributed by atoms with Crippen LogP contribution in [0, 0.1) is 25.5 Å². The number of nitrogens with one attached hydrogen (secondary N) is 3. The molecule has 6 aromatic rings. The van der Waals surface area contributed by atoms with Crippen LogP contribution in [0.15, 0.2) is 135 Å². The summed E-state index contributed by atoms with van der Waals surface area (Å²) in [5.74, 6) is -12.3. The Bertz CT molecular complexity index is 4910. The van der Waals surface area contributed by atoms with Crippen LogP contribution in [0.5, 0.6) is 5.75 Å². The van der Waals surface area contributed by atoms with Crippen LogP contribution >= 0.6 is 46.6 Å². The van der Waals surface area contributed by atoms with Crippen molar-refractivity contribution >= 4 is 142 Å². The number of likely N-dealkylation sites (N-methyl/N-ethyl adjacent to an activating group) is 1. The van der Waals surface area contributed by atoms with E-state index >= 15 is 0 Å². The van der Waals surface area contributed by atoms with E-state index in [2.05, 4.69) is 10.6 Å². The van der Waals surface area contributed by atoms with E-state index < -0.39 is 153 Å². The lowest BCUT2D eigenvalue weighted by Gasteiger charge is -2.36. The smallest absolute Gasteiger partial charge is 0.430 e. The Balaban J connectivity index is 0.000000190. The van der Waals surface area contributed by atoms with E-state index in [4.69, 9.17) is 70.2 Å². The van der Waals surface area contributed by atoms with E-state index in [1.54, 1.807) is 44.2 Å². The molecule has 0 bridgehead atoms. The molecule has 6 heterocycles. The number of anilines is 4. The highest BCUT2D eigenvalue weighted by Crippen LogP contribution is 2.48. The summed E-state index contributed by atoms with van der Waals surface area (Å²) in [6, 6.07) is 13.3. The zero-order valence-corrected chi connectivity index (χ0v) is 61.3.